The van der Waals surface area contributed by atoms with E-state index in [1.54, 1.807) is 0 Å². The van der Waals surface area contributed by atoms with Gasteiger partial charge in [0.1, 0.15) is 54.8 Å². The summed E-state index contributed by atoms with van der Waals surface area (Å²) in [6, 6.07) is -3.71. The lowest BCUT2D eigenvalue weighted by molar-refractivity contribution is -0.296. The van der Waals surface area contributed by atoms with E-state index in [1.807, 2.05) is 6.92 Å². The van der Waals surface area contributed by atoms with Gasteiger partial charge in [-0.1, -0.05) is 247 Å². The molecule has 570 valence electrons. The lowest BCUT2D eigenvalue weighted by atomic mass is 9.95. The number of carbonyl (C=O) groups excluding carboxylic acids is 5. The van der Waals surface area contributed by atoms with Gasteiger partial charge >= 0.3 is 33.6 Å². The summed E-state index contributed by atoms with van der Waals surface area (Å²) >= 11 is 0. The van der Waals surface area contributed by atoms with Gasteiger partial charge in [-0.25, -0.2) is 9.13 Å². The van der Waals surface area contributed by atoms with Crippen molar-refractivity contribution in [3.63, 3.8) is 0 Å². The van der Waals surface area contributed by atoms with Crippen LogP contribution in [-0.4, -0.2) is 163 Å². The van der Waals surface area contributed by atoms with Gasteiger partial charge in [-0.2, -0.15) is 0 Å². The average Bonchev–Trinajstić information content (AvgIpc) is 0.787. The third-order valence-corrected chi connectivity index (χ3v) is 19.1. The first-order valence-corrected chi connectivity index (χ1v) is 40.8. The molecule has 0 radical (unpaired) electrons. The van der Waals surface area contributed by atoms with E-state index in [1.165, 1.54) is 38.5 Å². The van der Waals surface area contributed by atoms with E-state index < -0.39 is 157 Å². The Morgan fingerprint density at radius 3 is 1.18 bits per heavy atom. The summed E-state index contributed by atoms with van der Waals surface area (Å²) in [7, 11) is -11.1. The van der Waals surface area contributed by atoms with Crippen molar-refractivity contribution in [3.05, 3.63) is 0 Å². The van der Waals surface area contributed by atoms with Crippen LogP contribution in [0.3, 0.4) is 0 Å². The smallest absolute Gasteiger partial charge is 0.462 e. The van der Waals surface area contributed by atoms with Gasteiger partial charge in [0, 0.05) is 12.8 Å². The minimum Gasteiger partial charge on any atom is -0.462 e. The van der Waals surface area contributed by atoms with E-state index in [4.69, 9.17) is 37.5 Å². The Balaban J connectivity index is 2.53. The molecule has 13 atom stereocenters. The first kappa shape index (κ1) is 90.4. The molecule has 0 aromatic rings. The van der Waals surface area contributed by atoms with Gasteiger partial charge in [0.05, 0.1) is 38.6 Å². The fourth-order valence-corrected chi connectivity index (χ4v) is 13.5. The van der Waals surface area contributed by atoms with Crippen LogP contribution in [0.25, 0.3) is 0 Å². The average molecular weight is 1430 g/mol. The van der Waals surface area contributed by atoms with E-state index >= 15 is 0 Å². The third kappa shape index (κ3) is 43.8. The summed E-state index contributed by atoms with van der Waals surface area (Å²) in [5, 5.41) is 50.3. The van der Waals surface area contributed by atoms with Crippen molar-refractivity contribution in [3.8, 4) is 0 Å². The van der Waals surface area contributed by atoms with Crippen molar-refractivity contribution < 1.29 is 111 Å². The molecule has 0 bridgehead atoms. The van der Waals surface area contributed by atoms with Crippen LogP contribution >= 0.6 is 15.6 Å². The summed E-state index contributed by atoms with van der Waals surface area (Å²) in [5.41, 5.74) is 0. The molecule has 2 saturated heterocycles. The number of aliphatic hydroxyl groups is 4. The van der Waals surface area contributed by atoms with Crippen molar-refractivity contribution in [1.29, 1.82) is 0 Å². The van der Waals surface area contributed by atoms with Gasteiger partial charge in [0.25, 0.3) is 0 Å². The molecule has 2 fully saturated rings. The standard InChI is InChI=1S/C70H132N2O23P2/c1-6-11-16-21-25-27-31-36-41-46-60(77)89-54(44-39-34-29-23-18-13-8-3)49-58(75)71-63-66(81)65(80)57(92-70(63)95-97(85,86)87)52-88-69-64(68(67(56(51-73)91-69)94-96(82,83)84)93-62(79)48-53(74)43-38-33-20-15-10-5)72-59(76)50-55(45-40-35-30-24-19-14-9-4)90-61(78)47-42-37-32-28-26-22-17-12-7-2/h53-57,63-70,73-74,80-81H,6-52H2,1-5H3,(H,71,75)(H,72,76)(H2,82,83,84)(H2,85,86,87)/t53-,54-,55-,56-,57-,63-,64-,65-,66-,67-,68-,69-,70+/m1/s1. The van der Waals surface area contributed by atoms with E-state index in [0.717, 1.165) is 167 Å². The van der Waals surface area contributed by atoms with Gasteiger partial charge in [-0.05, 0) is 44.9 Å². The Morgan fingerprint density at radius 2 is 0.784 bits per heavy atom. The highest BCUT2D eigenvalue weighted by Gasteiger charge is 2.54. The number of ether oxygens (including phenoxy) is 6. The Labute approximate surface area is 580 Å². The number of rotatable bonds is 61. The SMILES string of the molecule is CCCCCCCCCCCC(=O)O[C@H](CCCCCCCCC)CC(=O)N[C@H]1[C@H](OP(=O)(O)O)O[C@H](CO[C@@H]2O[C@H](CO)[C@@H](OP(=O)(O)O)[C@H](OC(=O)C[C@H](O)CCCCCCC)[C@H]2NC(=O)C[C@@H](CCCCCCCCC)OC(=O)CCCCCCCCCCC)[C@@H](O)[C@@H]1O. The number of hydrogen-bond acceptors (Lipinski definition) is 19. The van der Waals surface area contributed by atoms with Crippen LogP contribution in [-0.2, 0) is 70.6 Å². The summed E-state index contributed by atoms with van der Waals surface area (Å²) in [6.45, 7) is 8.63. The highest BCUT2D eigenvalue weighted by atomic mass is 31.2. The van der Waals surface area contributed by atoms with Crippen LogP contribution in [0.1, 0.15) is 324 Å². The Morgan fingerprint density at radius 1 is 0.423 bits per heavy atom. The van der Waals surface area contributed by atoms with Gasteiger partial charge in [-0.15, -0.1) is 0 Å². The van der Waals surface area contributed by atoms with Crippen molar-refractivity contribution in [1.82, 2.24) is 10.6 Å². The quantitative estimate of drug-likeness (QED) is 0.0117. The molecule has 2 rings (SSSR count). The predicted molar refractivity (Wildman–Crippen MR) is 368 cm³/mol. The number of esters is 3. The molecule has 0 aliphatic carbocycles. The Bertz CT molecular complexity index is 2160. The highest BCUT2D eigenvalue weighted by molar-refractivity contribution is 7.46. The maximum absolute atomic E-state index is 14.6. The van der Waals surface area contributed by atoms with Crippen molar-refractivity contribution in [2.45, 2.75) is 403 Å². The number of phosphoric ester groups is 2. The second kappa shape index (κ2) is 54.9. The van der Waals surface area contributed by atoms with E-state index in [-0.39, 0.29) is 25.7 Å². The molecule has 2 aliphatic heterocycles. The molecule has 10 N–H and O–H groups in total. The molecular formula is C70H132N2O23P2. The minimum absolute atomic E-state index is 0.108. The second-order valence-corrected chi connectivity index (χ2v) is 29.4. The molecule has 0 aromatic carbocycles. The monoisotopic (exact) mass is 1430 g/mol. The zero-order valence-corrected chi connectivity index (χ0v) is 61.6. The van der Waals surface area contributed by atoms with Crippen LogP contribution < -0.4 is 10.6 Å². The summed E-state index contributed by atoms with van der Waals surface area (Å²) < 4.78 is 71.2. The fourth-order valence-electron chi connectivity index (χ4n) is 12.5. The second-order valence-electron chi connectivity index (χ2n) is 27.1. The molecule has 2 amide bonds. The molecule has 25 nitrogen and oxygen atoms in total. The molecule has 0 saturated carbocycles. The first-order valence-electron chi connectivity index (χ1n) is 37.7. The lowest BCUT2D eigenvalue weighted by Crippen LogP contribution is -2.67. The third-order valence-electron chi connectivity index (χ3n) is 18.1. The topological polar surface area (TPSA) is 379 Å². The zero-order chi connectivity index (χ0) is 71.7. The fraction of sp³-hybridized carbons (Fsp3) is 0.929. The number of hydrogen-bond donors (Lipinski definition) is 10. The zero-order valence-electron chi connectivity index (χ0n) is 59.8. The van der Waals surface area contributed by atoms with Crippen molar-refractivity contribution in [2.24, 2.45) is 0 Å². The van der Waals surface area contributed by atoms with Crippen LogP contribution in [0.15, 0.2) is 0 Å². The maximum Gasteiger partial charge on any atom is 0.472 e. The Kier molecular flexibility index (Phi) is 51.2. The molecule has 97 heavy (non-hydrogen) atoms. The number of unbranched alkanes of at least 4 members (excludes halogenated alkanes) is 32. The van der Waals surface area contributed by atoms with E-state index in [0.29, 0.717) is 38.5 Å². The van der Waals surface area contributed by atoms with Gasteiger partial charge < -0.3 is 79.1 Å². The number of amides is 2. The molecule has 2 heterocycles. The van der Waals surface area contributed by atoms with E-state index in [2.05, 4.69) is 38.3 Å². The number of aliphatic hydroxyl groups excluding tert-OH is 4. The largest absolute Gasteiger partial charge is 0.472 e. The van der Waals surface area contributed by atoms with Crippen LogP contribution in [0, 0.1) is 0 Å². The molecular weight excluding hydrogens is 1300 g/mol. The molecule has 0 spiro atoms. The van der Waals surface area contributed by atoms with Gasteiger partial charge in [0.15, 0.2) is 18.7 Å². The summed E-state index contributed by atoms with van der Waals surface area (Å²) in [4.78, 5) is 110. The minimum atomic E-state index is -5.57. The summed E-state index contributed by atoms with van der Waals surface area (Å²) in [6.07, 6.45) is 16.3. The van der Waals surface area contributed by atoms with Crippen LogP contribution in [0.4, 0.5) is 0 Å². The number of carbonyl (C=O) groups is 5. The van der Waals surface area contributed by atoms with E-state index in [9.17, 15) is 73.1 Å². The normalized spacial score (nSPS) is 22.4. The van der Waals surface area contributed by atoms with Crippen molar-refractivity contribution in [2.75, 3.05) is 13.2 Å². The highest BCUT2D eigenvalue weighted by Crippen LogP contribution is 2.44. The Hall–Kier alpha value is -2.71. The van der Waals surface area contributed by atoms with Gasteiger partial charge in [-0.3, -0.25) is 33.0 Å². The van der Waals surface area contributed by atoms with Crippen molar-refractivity contribution >= 4 is 45.4 Å². The van der Waals surface area contributed by atoms with Crippen LogP contribution in [0.2, 0.25) is 0 Å². The molecule has 0 aromatic heterocycles. The lowest BCUT2D eigenvalue weighted by Gasteiger charge is -2.46. The van der Waals surface area contributed by atoms with Gasteiger partial charge in [0.2, 0.25) is 11.8 Å². The molecule has 0 unspecified atom stereocenters. The number of phosphoric acid groups is 2. The first-order chi connectivity index (χ1) is 46.5. The molecule has 2 aliphatic rings. The predicted octanol–water partition coefficient (Wildman–Crippen LogP) is 12.5. The maximum atomic E-state index is 14.6. The molecule has 27 heteroatoms. The number of nitrogens with one attached hydrogen (secondary N) is 2. The summed E-state index contributed by atoms with van der Waals surface area (Å²) in [5.74, 6) is -3.80. The van der Waals surface area contributed by atoms with Crippen LogP contribution in [0.5, 0.6) is 0 Å².